The summed E-state index contributed by atoms with van der Waals surface area (Å²) in [7, 11) is -0.817. The highest BCUT2D eigenvalue weighted by molar-refractivity contribution is 8.03. The number of aryl methyl sites for hydroxylation is 2. The van der Waals surface area contributed by atoms with Gasteiger partial charge in [0.1, 0.15) is 32.9 Å². The Morgan fingerprint density at radius 3 is 2.29 bits per heavy atom. The average Bonchev–Trinajstić information content (AvgIpc) is 3.63. The van der Waals surface area contributed by atoms with E-state index >= 15 is 0 Å². The minimum absolute atomic E-state index is 0.178. The van der Waals surface area contributed by atoms with E-state index < -0.39 is 10.1 Å². The molecule has 2 heterocycles. The Labute approximate surface area is 292 Å². The maximum atomic E-state index is 10.4. The largest absolute Gasteiger partial charge is 0.744 e. The first-order valence-corrected chi connectivity index (χ1v) is 19.1. The predicted octanol–water partition coefficient (Wildman–Crippen LogP) is 9.04. The van der Waals surface area contributed by atoms with Crippen LogP contribution in [0.25, 0.3) is 16.3 Å². The Hall–Kier alpha value is -3.83. The van der Waals surface area contributed by atoms with Gasteiger partial charge in [-0.25, -0.2) is 8.42 Å². The van der Waals surface area contributed by atoms with Crippen LogP contribution in [0.2, 0.25) is 0 Å². The van der Waals surface area contributed by atoms with Gasteiger partial charge in [0.25, 0.3) is 5.01 Å². The van der Waals surface area contributed by atoms with E-state index in [1.807, 2.05) is 42.2 Å². The van der Waals surface area contributed by atoms with Crippen LogP contribution in [0.1, 0.15) is 50.6 Å². The molecule has 252 valence electrons. The minimum atomic E-state index is -4.27. The lowest BCUT2D eigenvalue weighted by Crippen LogP contribution is -2.33. The van der Waals surface area contributed by atoms with E-state index in [4.69, 9.17) is 9.47 Å². The zero-order chi connectivity index (χ0) is 34.4. The van der Waals surface area contributed by atoms with Crippen LogP contribution in [0.4, 0.5) is 5.69 Å². The SMILES string of the molecule is CCN1/C(=C/C=C2CCCC(/C=C/c3sc4cc(OC)ccc4[n+]3CC)=C2C)Sc2cc(OC)ccc21.Cc1ccc(S(=O)(=O)[O-])cc1. The fourth-order valence-electron chi connectivity index (χ4n) is 5.84. The van der Waals surface area contributed by atoms with E-state index in [0.29, 0.717) is 0 Å². The van der Waals surface area contributed by atoms with E-state index in [0.717, 1.165) is 43.0 Å². The summed E-state index contributed by atoms with van der Waals surface area (Å²) in [5.74, 6) is 1.82. The standard InChI is InChI=1S/C31H35N2O2S2.C7H8O3S/c1-6-32-26-15-13-24(34-4)19-28(26)36-30(32)17-11-22-9-8-10-23(21(22)3)12-18-31-33(7-2)27-16-14-25(35-5)20-29(27)37-31;1-6-2-4-7(5-3-6)11(8,9)10/h11-20H,6-10H2,1-5H3;2-5H,1H3,(H,8,9,10)/q+1;/p-1. The predicted molar refractivity (Wildman–Crippen MR) is 197 cm³/mol. The third-order valence-corrected chi connectivity index (χ3v) is 11.6. The number of hydrogen-bond donors (Lipinski definition) is 0. The van der Waals surface area contributed by atoms with Crippen LogP contribution < -0.4 is 18.9 Å². The second-order valence-corrected chi connectivity index (χ2v) is 15.0. The van der Waals surface area contributed by atoms with Crippen molar-refractivity contribution in [1.29, 1.82) is 0 Å². The highest BCUT2D eigenvalue weighted by Crippen LogP contribution is 2.47. The van der Waals surface area contributed by atoms with Crippen LogP contribution in [0.15, 0.2) is 110 Å². The number of thiazole rings is 1. The van der Waals surface area contributed by atoms with E-state index in [9.17, 15) is 13.0 Å². The molecule has 0 saturated heterocycles. The molecule has 0 unspecified atom stereocenters. The van der Waals surface area contributed by atoms with E-state index in [-0.39, 0.29) is 4.90 Å². The molecule has 0 amide bonds. The maximum Gasteiger partial charge on any atom is 0.262 e. The van der Waals surface area contributed by atoms with Crippen molar-refractivity contribution in [2.24, 2.45) is 0 Å². The second-order valence-electron chi connectivity index (χ2n) is 11.5. The number of anilines is 1. The summed E-state index contributed by atoms with van der Waals surface area (Å²) in [6, 6.07) is 18.5. The highest BCUT2D eigenvalue weighted by Gasteiger charge is 2.24. The molecule has 10 heteroatoms. The first-order chi connectivity index (χ1) is 23.1. The van der Waals surface area contributed by atoms with Crippen molar-refractivity contribution in [3.63, 3.8) is 0 Å². The van der Waals surface area contributed by atoms with Crippen LogP contribution in [0.3, 0.4) is 0 Å². The molecule has 0 fully saturated rings. The second kappa shape index (κ2) is 15.6. The first kappa shape index (κ1) is 35.5. The molecule has 48 heavy (non-hydrogen) atoms. The van der Waals surface area contributed by atoms with Crippen molar-refractivity contribution < 1.29 is 27.0 Å². The summed E-state index contributed by atoms with van der Waals surface area (Å²) in [5.41, 5.74) is 7.75. The van der Waals surface area contributed by atoms with Gasteiger partial charge in [-0.05, 0) is 106 Å². The maximum absolute atomic E-state index is 10.4. The monoisotopic (exact) mass is 702 g/mol. The topological polar surface area (TPSA) is 82.8 Å². The van der Waals surface area contributed by atoms with E-state index in [1.165, 1.54) is 66.1 Å². The van der Waals surface area contributed by atoms with Crippen molar-refractivity contribution >= 4 is 55.2 Å². The van der Waals surface area contributed by atoms with Gasteiger partial charge in [0, 0.05) is 29.6 Å². The van der Waals surface area contributed by atoms with Crippen LogP contribution in [0.5, 0.6) is 11.5 Å². The molecule has 0 spiro atoms. The summed E-state index contributed by atoms with van der Waals surface area (Å²) in [6.07, 6.45) is 12.7. The van der Waals surface area contributed by atoms with E-state index in [1.54, 1.807) is 26.4 Å². The lowest BCUT2D eigenvalue weighted by molar-refractivity contribution is -0.665. The molecule has 2 aliphatic rings. The van der Waals surface area contributed by atoms with Crippen molar-refractivity contribution in [3.05, 3.63) is 111 Å². The average molecular weight is 703 g/mol. The molecule has 3 aromatic carbocycles. The van der Waals surface area contributed by atoms with Crippen molar-refractivity contribution in [2.45, 2.75) is 63.3 Å². The van der Waals surface area contributed by atoms with Gasteiger partial charge in [-0.1, -0.05) is 52.9 Å². The van der Waals surface area contributed by atoms with Gasteiger partial charge in [0.15, 0.2) is 0 Å². The Bertz CT molecular complexity index is 2020. The molecular weight excluding hydrogens is 661 g/mol. The lowest BCUT2D eigenvalue weighted by atomic mass is 9.88. The summed E-state index contributed by atoms with van der Waals surface area (Å²) in [6.45, 7) is 10.4. The summed E-state index contributed by atoms with van der Waals surface area (Å²) in [4.78, 5) is 3.47. The van der Waals surface area contributed by atoms with Gasteiger partial charge in [0.05, 0.1) is 29.8 Å². The van der Waals surface area contributed by atoms with E-state index in [2.05, 4.69) is 78.8 Å². The smallest absolute Gasteiger partial charge is 0.262 e. The number of rotatable bonds is 8. The summed E-state index contributed by atoms with van der Waals surface area (Å²) < 4.78 is 45.7. The fourth-order valence-corrected chi connectivity index (χ4v) is 8.62. The van der Waals surface area contributed by atoms with Crippen molar-refractivity contribution in [2.75, 3.05) is 25.7 Å². The number of allylic oxidation sites excluding steroid dienone is 6. The Morgan fingerprint density at radius 2 is 1.62 bits per heavy atom. The van der Waals surface area contributed by atoms with Crippen LogP contribution in [0, 0.1) is 6.92 Å². The molecular formula is C38H42N2O5S3. The van der Waals surface area contributed by atoms with Gasteiger partial charge < -0.3 is 18.9 Å². The number of benzene rings is 3. The first-order valence-electron chi connectivity index (χ1n) is 16.0. The van der Waals surface area contributed by atoms with Crippen LogP contribution in [-0.2, 0) is 16.7 Å². The molecule has 0 atom stereocenters. The molecule has 0 bridgehead atoms. The molecule has 6 rings (SSSR count). The van der Waals surface area contributed by atoms with Crippen LogP contribution >= 0.6 is 23.1 Å². The zero-order valence-corrected chi connectivity index (χ0v) is 30.7. The van der Waals surface area contributed by atoms with Gasteiger partial charge in [0.2, 0.25) is 5.52 Å². The number of hydrogen-bond acceptors (Lipinski definition) is 8. The third kappa shape index (κ3) is 8.06. The summed E-state index contributed by atoms with van der Waals surface area (Å²) in [5, 5.41) is 2.55. The molecule has 0 N–H and O–H groups in total. The molecule has 7 nitrogen and oxygen atoms in total. The number of methoxy groups -OCH3 is 2. The summed E-state index contributed by atoms with van der Waals surface area (Å²) >= 11 is 3.65. The highest BCUT2D eigenvalue weighted by atomic mass is 32.2. The number of nitrogens with zero attached hydrogens (tertiary/aromatic N) is 2. The number of fused-ring (bicyclic) bond motifs is 2. The van der Waals surface area contributed by atoms with Gasteiger partial charge >= 0.3 is 0 Å². The minimum Gasteiger partial charge on any atom is -0.744 e. The Balaban J connectivity index is 0.000000349. The van der Waals surface area contributed by atoms with Crippen LogP contribution in [-0.4, -0.2) is 33.7 Å². The Morgan fingerprint density at radius 1 is 0.917 bits per heavy atom. The zero-order valence-electron chi connectivity index (χ0n) is 28.3. The molecule has 1 aromatic heterocycles. The number of ether oxygens (including phenoxy) is 2. The van der Waals surface area contributed by atoms with Crippen molar-refractivity contribution in [3.8, 4) is 11.5 Å². The lowest BCUT2D eigenvalue weighted by Gasteiger charge is -2.20. The third-order valence-electron chi connectivity index (χ3n) is 8.53. The quantitative estimate of drug-likeness (QED) is 0.134. The number of aromatic nitrogens is 1. The van der Waals surface area contributed by atoms with Gasteiger partial charge in [-0.2, -0.15) is 4.57 Å². The fraction of sp³-hybridized carbons (Fsp3) is 0.289. The molecule has 0 saturated carbocycles. The molecule has 1 aliphatic heterocycles. The van der Waals surface area contributed by atoms with Gasteiger partial charge in [-0.15, -0.1) is 0 Å². The molecule has 4 aromatic rings. The van der Waals surface area contributed by atoms with Crippen molar-refractivity contribution in [1.82, 2.24) is 0 Å². The molecule has 0 radical (unpaired) electrons. The normalized spacial score (nSPS) is 16.5. The number of thioether (sulfide) groups is 1. The van der Waals surface area contributed by atoms with Gasteiger partial charge in [-0.3, -0.25) is 0 Å². The molecule has 1 aliphatic carbocycles. The Kier molecular flexibility index (Phi) is 11.5.